The Morgan fingerprint density at radius 1 is 1.38 bits per heavy atom. The van der Waals surface area contributed by atoms with E-state index >= 15 is 0 Å². The summed E-state index contributed by atoms with van der Waals surface area (Å²) in [5, 5.41) is 6.81. The van der Waals surface area contributed by atoms with Crippen molar-refractivity contribution in [3.05, 3.63) is 28.9 Å². The number of amides is 1. The summed E-state index contributed by atoms with van der Waals surface area (Å²) in [5.74, 6) is 0.703. The Labute approximate surface area is 145 Å². The molecule has 1 amide bonds. The number of rotatable bonds is 4. The van der Waals surface area contributed by atoms with E-state index < -0.39 is 0 Å². The van der Waals surface area contributed by atoms with Crippen LogP contribution in [0.3, 0.4) is 0 Å². The normalized spacial score (nSPS) is 20.9. The Morgan fingerprint density at radius 2 is 2.12 bits per heavy atom. The van der Waals surface area contributed by atoms with Gasteiger partial charge in [0.1, 0.15) is 10.7 Å². The van der Waals surface area contributed by atoms with Gasteiger partial charge in [-0.25, -0.2) is 4.98 Å². The van der Waals surface area contributed by atoms with E-state index in [1.165, 1.54) is 0 Å². The van der Waals surface area contributed by atoms with Crippen LogP contribution in [0.4, 0.5) is 11.5 Å². The summed E-state index contributed by atoms with van der Waals surface area (Å²) in [7, 11) is 0. The van der Waals surface area contributed by atoms with Crippen LogP contribution in [0, 0.1) is 0 Å². The molecule has 0 saturated carbocycles. The molecule has 8 heteroatoms. The van der Waals surface area contributed by atoms with Crippen molar-refractivity contribution in [2.24, 2.45) is 0 Å². The number of anilines is 2. The lowest BCUT2D eigenvalue weighted by Crippen LogP contribution is -2.45. The van der Waals surface area contributed by atoms with Crippen LogP contribution < -0.4 is 10.2 Å². The van der Waals surface area contributed by atoms with Crippen molar-refractivity contribution >= 4 is 28.9 Å². The lowest BCUT2D eigenvalue weighted by Gasteiger charge is -2.36. The summed E-state index contributed by atoms with van der Waals surface area (Å²) in [4.78, 5) is 19.5. The topological polar surface area (TPSA) is 80.2 Å². The Balaban J connectivity index is 1.67. The van der Waals surface area contributed by atoms with E-state index in [2.05, 4.69) is 38.6 Å². The van der Waals surface area contributed by atoms with Gasteiger partial charge in [0.25, 0.3) is 5.91 Å². The van der Waals surface area contributed by atoms with Crippen LogP contribution in [0.25, 0.3) is 0 Å². The predicted octanol–water partition coefficient (Wildman–Crippen LogP) is 2.36. The van der Waals surface area contributed by atoms with Crippen LogP contribution >= 0.6 is 11.5 Å². The molecule has 0 aromatic carbocycles. The zero-order chi connectivity index (χ0) is 17.1. The van der Waals surface area contributed by atoms with Gasteiger partial charge in [-0.1, -0.05) is 11.4 Å². The van der Waals surface area contributed by atoms with Crippen molar-refractivity contribution in [3.8, 4) is 0 Å². The monoisotopic (exact) mass is 347 g/mol. The summed E-state index contributed by atoms with van der Waals surface area (Å²) in [6, 6.07) is 3.79. The number of morpholine rings is 1. The van der Waals surface area contributed by atoms with E-state index in [1.54, 1.807) is 6.20 Å². The fraction of sp³-hybridized carbons (Fsp3) is 0.500. The Kier molecular flexibility index (Phi) is 5.06. The molecule has 1 aliphatic rings. The van der Waals surface area contributed by atoms with E-state index in [4.69, 9.17) is 4.74 Å². The third kappa shape index (κ3) is 3.70. The molecule has 1 saturated heterocycles. The summed E-state index contributed by atoms with van der Waals surface area (Å²) >= 11 is 1.11. The van der Waals surface area contributed by atoms with E-state index in [0.29, 0.717) is 17.0 Å². The second-order valence-corrected chi connectivity index (χ2v) is 6.68. The maximum absolute atomic E-state index is 12.3. The van der Waals surface area contributed by atoms with Gasteiger partial charge < -0.3 is 15.0 Å². The van der Waals surface area contributed by atoms with Crippen molar-refractivity contribution in [2.45, 2.75) is 39.4 Å². The first-order valence-electron chi connectivity index (χ1n) is 8.05. The molecule has 24 heavy (non-hydrogen) atoms. The Hall–Kier alpha value is -2.06. The van der Waals surface area contributed by atoms with Crippen molar-refractivity contribution < 1.29 is 9.53 Å². The molecule has 0 bridgehead atoms. The van der Waals surface area contributed by atoms with Crippen LogP contribution in [-0.4, -0.2) is 45.8 Å². The molecular weight excluding hydrogens is 326 g/mol. The van der Waals surface area contributed by atoms with Gasteiger partial charge in [-0.15, -0.1) is 5.10 Å². The second-order valence-electron chi connectivity index (χ2n) is 5.92. The van der Waals surface area contributed by atoms with Crippen molar-refractivity contribution in [1.29, 1.82) is 0 Å². The van der Waals surface area contributed by atoms with E-state index in [9.17, 15) is 4.79 Å². The molecule has 7 nitrogen and oxygen atoms in total. The maximum Gasteiger partial charge on any atom is 0.269 e. The smallest absolute Gasteiger partial charge is 0.269 e. The number of aromatic nitrogens is 3. The first-order chi connectivity index (χ1) is 11.6. The summed E-state index contributed by atoms with van der Waals surface area (Å²) in [5.41, 5.74) is 1.38. The molecular formula is C16H21N5O2S. The average molecular weight is 347 g/mol. The number of pyridine rings is 1. The van der Waals surface area contributed by atoms with Crippen LogP contribution in [0.15, 0.2) is 18.3 Å². The van der Waals surface area contributed by atoms with Gasteiger partial charge in [-0.2, -0.15) is 0 Å². The first-order valence-corrected chi connectivity index (χ1v) is 8.83. The Morgan fingerprint density at radius 3 is 2.75 bits per heavy atom. The van der Waals surface area contributed by atoms with Gasteiger partial charge in [0.15, 0.2) is 0 Å². The molecule has 0 aliphatic carbocycles. The number of nitrogens with zero attached hydrogens (tertiary/aromatic N) is 4. The van der Waals surface area contributed by atoms with Gasteiger partial charge in [-0.3, -0.25) is 4.79 Å². The highest BCUT2D eigenvalue weighted by molar-refractivity contribution is 7.08. The molecule has 1 N–H and O–H groups in total. The van der Waals surface area contributed by atoms with Gasteiger partial charge >= 0.3 is 0 Å². The molecule has 1 aliphatic heterocycles. The largest absolute Gasteiger partial charge is 0.372 e. The zero-order valence-corrected chi connectivity index (χ0v) is 14.8. The lowest BCUT2D eigenvalue weighted by molar-refractivity contribution is -0.00545. The molecule has 3 rings (SSSR count). The number of nitrogens with one attached hydrogen (secondary N) is 1. The number of ether oxygens (including phenoxy) is 1. The molecule has 3 heterocycles. The van der Waals surface area contributed by atoms with Crippen LogP contribution in [0.2, 0.25) is 0 Å². The number of carbonyl (C=O) groups is 1. The summed E-state index contributed by atoms with van der Waals surface area (Å²) in [6.45, 7) is 7.70. The van der Waals surface area contributed by atoms with Gasteiger partial charge in [0.2, 0.25) is 0 Å². The van der Waals surface area contributed by atoms with Crippen molar-refractivity contribution in [1.82, 2.24) is 14.6 Å². The summed E-state index contributed by atoms with van der Waals surface area (Å²) < 4.78 is 9.58. The van der Waals surface area contributed by atoms with Crippen LogP contribution in [-0.2, 0) is 11.2 Å². The quantitative estimate of drug-likeness (QED) is 0.914. The maximum atomic E-state index is 12.3. The van der Waals surface area contributed by atoms with E-state index in [0.717, 1.165) is 36.1 Å². The number of hydrogen-bond donors (Lipinski definition) is 1. The fourth-order valence-electron chi connectivity index (χ4n) is 2.81. The first kappa shape index (κ1) is 16.8. The van der Waals surface area contributed by atoms with E-state index in [-0.39, 0.29) is 18.1 Å². The molecule has 0 unspecified atom stereocenters. The third-order valence-electron chi connectivity index (χ3n) is 3.85. The highest BCUT2D eigenvalue weighted by atomic mass is 32.1. The standard InChI is InChI=1S/C16H21N5O2S/c1-4-13-15(24-20-19-13)16(22)18-12-5-6-14(17-7-12)21-8-10(2)23-11(3)9-21/h5-7,10-11H,4,8-9H2,1-3H3,(H,18,22)/t10-,11-/m1/s1. The van der Waals surface area contributed by atoms with Crippen LogP contribution in [0.1, 0.15) is 36.1 Å². The SMILES string of the molecule is CCc1nnsc1C(=O)Nc1ccc(N2C[C@@H](C)O[C@H](C)C2)nc1. The lowest BCUT2D eigenvalue weighted by atomic mass is 10.2. The van der Waals surface area contributed by atoms with Crippen molar-refractivity contribution in [2.75, 3.05) is 23.3 Å². The minimum Gasteiger partial charge on any atom is -0.372 e. The molecule has 2 atom stereocenters. The fourth-order valence-corrected chi connectivity index (χ4v) is 3.46. The van der Waals surface area contributed by atoms with Crippen molar-refractivity contribution in [3.63, 3.8) is 0 Å². The molecule has 0 spiro atoms. The number of carbonyl (C=O) groups excluding carboxylic acids is 1. The summed E-state index contributed by atoms with van der Waals surface area (Å²) in [6.07, 6.45) is 2.73. The van der Waals surface area contributed by atoms with Gasteiger partial charge in [0, 0.05) is 13.1 Å². The van der Waals surface area contributed by atoms with Crippen LogP contribution in [0.5, 0.6) is 0 Å². The average Bonchev–Trinajstić information content (AvgIpc) is 3.03. The molecule has 0 radical (unpaired) electrons. The minimum absolute atomic E-state index is 0.182. The molecule has 2 aromatic heterocycles. The highest BCUT2D eigenvalue weighted by Gasteiger charge is 2.23. The van der Waals surface area contributed by atoms with Gasteiger partial charge in [-0.05, 0) is 43.9 Å². The third-order valence-corrected chi connectivity index (χ3v) is 4.61. The highest BCUT2D eigenvalue weighted by Crippen LogP contribution is 2.20. The number of hydrogen-bond acceptors (Lipinski definition) is 7. The number of aryl methyl sites for hydroxylation is 1. The predicted molar refractivity (Wildman–Crippen MR) is 93.7 cm³/mol. The Bertz CT molecular complexity index is 693. The van der Waals surface area contributed by atoms with E-state index in [1.807, 2.05) is 19.1 Å². The van der Waals surface area contributed by atoms with Gasteiger partial charge in [0.05, 0.1) is 29.8 Å². The molecule has 2 aromatic rings. The second kappa shape index (κ2) is 7.23. The zero-order valence-electron chi connectivity index (χ0n) is 14.0. The minimum atomic E-state index is -0.190. The molecule has 128 valence electrons. The molecule has 1 fully saturated rings.